The topological polar surface area (TPSA) is 42.1 Å². The van der Waals surface area contributed by atoms with Crippen LogP contribution in [0.3, 0.4) is 0 Å². The highest BCUT2D eigenvalue weighted by molar-refractivity contribution is 5.47. The van der Waals surface area contributed by atoms with Crippen LogP contribution >= 0.6 is 0 Å². The van der Waals surface area contributed by atoms with Crippen LogP contribution in [0.15, 0.2) is 48.8 Å². The summed E-state index contributed by atoms with van der Waals surface area (Å²) in [5, 5.41) is 0. The van der Waals surface area contributed by atoms with Crippen molar-refractivity contribution in [1.29, 1.82) is 0 Å². The molecular weight excluding hydrogens is 241 g/mol. The lowest BCUT2D eigenvalue weighted by Crippen LogP contribution is -2.25. The van der Waals surface area contributed by atoms with Gasteiger partial charge in [0.1, 0.15) is 5.82 Å². The fourth-order valence-corrected chi connectivity index (χ4v) is 1.96. The summed E-state index contributed by atoms with van der Waals surface area (Å²) in [6.45, 7) is 2.16. The third kappa shape index (κ3) is 4.03. The molecule has 0 unspecified atom stereocenters. The molecule has 0 fully saturated rings. The minimum Gasteiger partial charge on any atom is -0.367 e. The number of aromatic nitrogens is 1. The smallest absolute Gasteiger partial charge is 0.125 e. The van der Waals surface area contributed by atoms with Crippen LogP contribution in [0.25, 0.3) is 0 Å². The Morgan fingerprint density at radius 1 is 1.16 bits per heavy atom. The van der Waals surface area contributed by atoms with E-state index in [4.69, 9.17) is 5.73 Å². The molecule has 0 spiro atoms. The van der Waals surface area contributed by atoms with E-state index in [2.05, 4.69) is 9.88 Å². The average Bonchev–Trinajstić information content (AvgIpc) is 2.44. The van der Waals surface area contributed by atoms with Gasteiger partial charge in [-0.25, -0.2) is 4.39 Å². The molecule has 3 nitrogen and oxygen atoms in total. The van der Waals surface area contributed by atoms with E-state index >= 15 is 0 Å². The van der Waals surface area contributed by atoms with Crippen molar-refractivity contribution >= 4 is 5.69 Å². The van der Waals surface area contributed by atoms with Crippen LogP contribution in [0.5, 0.6) is 0 Å². The molecule has 19 heavy (non-hydrogen) atoms. The van der Waals surface area contributed by atoms with E-state index in [9.17, 15) is 4.39 Å². The Morgan fingerprint density at radius 2 is 1.95 bits per heavy atom. The van der Waals surface area contributed by atoms with Crippen LogP contribution in [-0.2, 0) is 6.54 Å². The standard InChI is InChI=1S/C15H18FN3/c16-14-3-1-4-15(11-14)19(10-2-7-17)12-13-5-8-18-9-6-13/h1,3-6,8-9,11H,2,7,10,12,17H2. The zero-order valence-electron chi connectivity index (χ0n) is 10.8. The van der Waals surface area contributed by atoms with Gasteiger partial charge in [0.2, 0.25) is 0 Å². The number of nitrogens with two attached hydrogens (primary N) is 1. The number of benzene rings is 1. The van der Waals surface area contributed by atoms with Crippen molar-refractivity contribution in [3.63, 3.8) is 0 Å². The van der Waals surface area contributed by atoms with E-state index in [0.29, 0.717) is 6.54 Å². The summed E-state index contributed by atoms with van der Waals surface area (Å²) < 4.78 is 13.3. The number of anilines is 1. The lowest BCUT2D eigenvalue weighted by atomic mass is 10.2. The predicted molar refractivity (Wildman–Crippen MR) is 75.4 cm³/mol. The molecular formula is C15H18FN3. The second kappa shape index (κ2) is 6.85. The maximum atomic E-state index is 13.3. The second-order valence-corrected chi connectivity index (χ2v) is 4.40. The van der Waals surface area contributed by atoms with Crippen LogP contribution in [0.2, 0.25) is 0 Å². The number of halogens is 1. The van der Waals surface area contributed by atoms with E-state index in [1.54, 1.807) is 24.5 Å². The summed E-state index contributed by atoms with van der Waals surface area (Å²) in [6, 6.07) is 10.6. The normalized spacial score (nSPS) is 10.4. The van der Waals surface area contributed by atoms with Gasteiger partial charge in [-0.1, -0.05) is 6.07 Å². The summed E-state index contributed by atoms with van der Waals surface area (Å²) in [4.78, 5) is 6.13. The summed E-state index contributed by atoms with van der Waals surface area (Å²) in [7, 11) is 0. The predicted octanol–water partition coefficient (Wildman–Crippen LogP) is 2.58. The van der Waals surface area contributed by atoms with E-state index < -0.39 is 0 Å². The number of hydrogen-bond acceptors (Lipinski definition) is 3. The van der Waals surface area contributed by atoms with Gasteiger partial charge in [-0.05, 0) is 48.9 Å². The monoisotopic (exact) mass is 259 g/mol. The SMILES string of the molecule is NCCCN(Cc1ccncc1)c1cccc(F)c1. The maximum Gasteiger partial charge on any atom is 0.125 e. The Morgan fingerprint density at radius 3 is 2.63 bits per heavy atom. The molecule has 0 amide bonds. The molecule has 4 heteroatoms. The van der Waals surface area contributed by atoms with Crippen molar-refractivity contribution in [2.75, 3.05) is 18.0 Å². The van der Waals surface area contributed by atoms with Gasteiger partial charge < -0.3 is 10.6 Å². The molecule has 1 heterocycles. The largest absolute Gasteiger partial charge is 0.367 e. The lowest BCUT2D eigenvalue weighted by Gasteiger charge is -2.24. The molecule has 2 N–H and O–H groups in total. The first-order chi connectivity index (χ1) is 9.29. The Bertz CT molecular complexity index is 502. The molecule has 0 bridgehead atoms. The van der Waals surface area contributed by atoms with Crippen LogP contribution < -0.4 is 10.6 Å². The van der Waals surface area contributed by atoms with Gasteiger partial charge in [0.25, 0.3) is 0 Å². The molecule has 1 aromatic heterocycles. The van der Waals surface area contributed by atoms with E-state index in [1.807, 2.05) is 18.2 Å². The van der Waals surface area contributed by atoms with Gasteiger partial charge >= 0.3 is 0 Å². The summed E-state index contributed by atoms with van der Waals surface area (Å²) in [6.07, 6.45) is 4.41. The zero-order chi connectivity index (χ0) is 13.5. The summed E-state index contributed by atoms with van der Waals surface area (Å²) in [5.74, 6) is -0.218. The molecule has 0 saturated carbocycles. The highest BCUT2D eigenvalue weighted by Gasteiger charge is 2.07. The van der Waals surface area contributed by atoms with E-state index in [0.717, 1.165) is 30.8 Å². The lowest BCUT2D eigenvalue weighted by molar-refractivity contribution is 0.625. The zero-order valence-corrected chi connectivity index (χ0v) is 10.8. The molecule has 0 aliphatic heterocycles. The van der Waals surface area contributed by atoms with Crippen molar-refractivity contribution in [3.8, 4) is 0 Å². The molecule has 1 aromatic carbocycles. The molecule has 0 aliphatic carbocycles. The number of hydrogen-bond donors (Lipinski definition) is 1. The highest BCUT2D eigenvalue weighted by atomic mass is 19.1. The molecule has 0 atom stereocenters. The van der Waals surface area contributed by atoms with Gasteiger partial charge in [0, 0.05) is 31.2 Å². The van der Waals surface area contributed by atoms with Crippen molar-refractivity contribution in [2.24, 2.45) is 5.73 Å². The Hall–Kier alpha value is -1.94. The Balaban J connectivity index is 2.16. The highest BCUT2D eigenvalue weighted by Crippen LogP contribution is 2.18. The van der Waals surface area contributed by atoms with Gasteiger partial charge in [-0.2, -0.15) is 0 Å². The van der Waals surface area contributed by atoms with Gasteiger partial charge in [-0.15, -0.1) is 0 Å². The quantitative estimate of drug-likeness (QED) is 0.867. The van der Waals surface area contributed by atoms with Crippen molar-refractivity contribution in [2.45, 2.75) is 13.0 Å². The number of pyridine rings is 1. The summed E-state index contributed by atoms with van der Waals surface area (Å²) >= 11 is 0. The second-order valence-electron chi connectivity index (χ2n) is 4.40. The minimum atomic E-state index is -0.218. The van der Waals surface area contributed by atoms with Crippen LogP contribution in [0, 0.1) is 5.82 Å². The van der Waals surface area contributed by atoms with Crippen molar-refractivity contribution < 1.29 is 4.39 Å². The fraction of sp³-hybridized carbons (Fsp3) is 0.267. The first-order valence-corrected chi connectivity index (χ1v) is 6.39. The molecule has 100 valence electrons. The molecule has 0 saturated heterocycles. The number of rotatable bonds is 6. The average molecular weight is 259 g/mol. The van der Waals surface area contributed by atoms with Gasteiger partial charge in [0.15, 0.2) is 0 Å². The molecule has 2 rings (SSSR count). The van der Waals surface area contributed by atoms with Crippen LogP contribution in [0.1, 0.15) is 12.0 Å². The van der Waals surface area contributed by atoms with Crippen molar-refractivity contribution in [3.05, 3.63) is 60.2 Å². The first kappa shape index (κ1) is 13.5. The van der Waals surface area contributed by atoms with E-state index in [1.165, 1.54) is 6.07 Å². The van der Waals surface area contributed by atoms with Crippen molar-refractivity contribution in [1.82, 2.24) is 4.98 Å². The third-order valence-corrected chi connectivity index (χ3v) is 2.93. The van der Waals surface area contributed by atoms with Gasteiger partial charge in [-0.3, -0.25) is 4.98 Å². The number of nitrogens with zero attached hydrogens (tertiary/aromatic N) is 2. The molecule has 0 aliphatic rings. The first-order valence-electron chi connectivity index (χ1n) is 6.39. The van der Waals surface area contributed by atoms with Gasteiger partial charge in [0.05, 0.1) is 0 Å². The van der Waals surface area contributed by atoms with Crippen LogP contribution in [-0.4, -0.2) is 18.1 Å². The minimum absolute atomic E-state index is 0.218. The fourth-order valence-electron chi connectivity index (χ4n) is 1.96. The molecule has 0 radical (unpaired) electrons. The Kier molecular flexibility index (Phi) is 4.86. The third-order valence-electron chi connectivity index (χ3n) is 2.93. The molecule has 2 aromatic rings. The Labute approximate surface area is 112 Å². The maximum absolute atomic E-state index is 13.3. The van der Waals surface area contributed by atoms with Crippen LogP contribution in [0.4, 0.5) is 10.1 Å². The van der Waals surface area contributed by atoms with E-state index in [-0.39, 0.29) is 5.82 Å². The summed E-state index contributed by atoms with van der Waals surface area (Å²) in [5.41, 5.74) is 7.60.